The van der Waals surface area contributed by atoms with Crippen molar-refractivity contribution in [1.29, 1.82) is 0 Å². The molecule has 0 bridgehead atoms. The van der Waals surface area contributed by atoms with E-state index in [1.165, 1.54) is 0 Å². The molecule has 7 heteroatoms. The number of hydrogen-bond donors (Lipinski definition) is 4. The van der Waals surface area contributed by atoms with E-state index in [-0.39, 0.29) is 6.54 Å². The van der Waals surface area contributed by atoms with E-state index in [2.05, 4.69) is 10.3 Å². The van der Waals surface area contributed by atoms with Crippen molar-refractivity contribution >= 4 is 22.8 Å². The maximum atomic E-state index is 10.9. The van der Waals surface area contributed by atoms with Gasteiger partial charge in [-0.3, -0.25) is 9.78 Å². The van der Waals surface area contributed by atoms with Gasteiger partial charge in [0, 0.05) is 18.3 Å². The van der Waals surface area contributed by atoms with Gasteiger partial charge in [-0.15, -0.1) is 0 Å². The quantitative estimate of drug-likeness (QED) is 0.591. The van der Waals surface area contributed by atoms with Gasteiger partial charge in [-0.2, -0.15) is 0 Å². The summed E-state index contributed by atoms with van der Waals surface area (Å²) in [5.74, 6) is -1.61. The van der Waals surface area contributed by atoms with Gasteiger partial charge in [0.15, 0.2) is 5.58 Å². The molecule has 0 spiro atoms. The van der Waals surface area contributed by atoms with Crippen LogP contribution < -0.4 is 16.8 Å². The molecule has 1 heterocycles. The van der Waals surface area contributed by atoms with Crippen molar-refractivity contribution in [2.75, 3.05) is 11.9 Å². The van der Waals surface area contributed by atoms with Gasteiger partial charge in [-0.25, -0.2) is 4.79 Å². The lowest BCUT2D eigenvalue weighted by Crippen LogP contribution is -2.36. The number of nitrogens with one attached hydrogen (secondary N) is 2. The van der Waals surface area contributed by atoms with Crippen LogP contribution >= 0.6 is 0 Å². The molecule has 0 saturated carbocycles. The van der Waals surface area contributed by atoms with Gasteiger partial charge < -0.3 is 20.6 Å². The van der Waals surface area contributed by atoms with Crippen molar-refractivity contribution in [2.45, 2.75) is 6.04 Å². The molecular formula is C10H11N3O4. The van der Waals surface area contributed by atoms with Crippen LogP contribution in [0.3, 0.4) is 0 Å². The summed E-state index contributed by atoms with van der Waals surface area (Å²) < 4.78 is 4.86. The van der Waals surface area contributed by atoms with E-state index in [0.717, 1.165) is 0 Å². The fourth-order valence-electron chi connectivity index (χ4n) is 1.37. The van der Waals surface area contributed by atoms with Crippen molar-refractivity contribution in [2.24, 2.45) is 5.73 Å². The molecule has 0 aliphatic rings. The standard InChI is InChI=1S/C10H11N3O4/c11-6(9(14)15)4-12-5-1-2-7-8(3-5)17-10(16)13-7/h1-3,6,12H,4,11H2,(H,13,16)(H,14,15). The minimum atomic E-state index is -1.08. The highest BCUT2D eigenvalue weighted by atomic mass is 16.4. The first-order valence-electron chi connectivity index (χ1n) is 4.91. The Kier molecular flexibility index (Phi) is 2.84. The zero-order valence-corrected chi connectivity index (χ0v) is 8.77. The Morgan fingerprint density at radius 2 is 2.35 bits per heavy atom. The second kappa shape index (κ2) is 4.30. The predicted molar refractivity (Wildman–Crippen MR) is 60.9 cm³/mol. The second-order valence-electron chi connectivity index (χ2n) is 3.55. The Balaban J connectivity index is 2.14. The second-order valence-corrected chi connectivity index (χ2v) is 3.55. The molecule has 0 fully saturated rings. The van der Waals surface area contributed by atoms with E-state index >= 15 is 0 Å². The third-order valence-electron chi connectivity index (χ3n) is 2.26. The van der Waals surface area contributed by atoms with E-state index in [9.17, 15) is 9.59 Å². The van der Waals surface area contributed by atoms with Crippen LogP contribution in [0.4, 0.5) is 5.69 Å². The van der Waals surface area contributed by atoms with E-state index < -0.39 is 17.8 Å². The minimum absolute atomic E-state index is 0.0928. The smallest absolute Gasteiger partial charge is 0.417 e. The zero-order valence-electron chi connectivity index (χ0n) is 8.77. The first-order valence-corrected chi connectivity index (χ1v) is 4.91. The summed E-state index contributed by atoms with van der Waals surface area (Å²) in [5, 5.41) is 11.5. The Hall–Kier alpha value is -2.28. The average molecular weight is 237 g/mol. The molecule has 2 rings (SSSR count). The maximum Gasteiger partial charge on any atom is 0.417 e. The summed E-state index contributed by atoms with van der Waals surface area (Å²) in [6.45, 7) is 0.0928. The number of rotatable bonds is 4. The van der Waals surface area contributed by atoms with Gasteiger partial charge in [0.05, 0.1) is 5.52 Å². The van der Waals surface area contributed by atoms with Gasteiger partial charge in [0.2, 0.25) is 0 Å². The summed E-state index contributed by atoms with van der Waals surface area (Å²) >= 11 is 0. The molecule has 0 aliphatic heterocycles. The summed E-state index contributed by atoms with van der Waals surface area (Å²) in [6, 6.07) is 3.97. The summed E-state index contributed by atoms with van der Waals surface area (Å²) in [7, 11) is 0. The fraction of sp³-hybridized carbons (Fsp3) is 0.200. The molecule has 0 aliphatic carbocycles. The molecule has 2 aromatic rings. The highest BCUT2D eigenvalue weighted by Crippen LogP contribution is 2.15. The van der Waals surface area contributed by atoms with Gasteiger partial charge in [-0.05, 0) is 12.1 Å². The fourth-order valence-corrected chi connectivity index (χ4v) is 1.37. The largest absolute Gasteiger partial charge is 0.480 e. The number of benzene rings is 1. The molecule has 0 saturated heterocycles. The Labute approximate surface area is 95.2 Å². The number of carbonyl (C=O) groups is 1. The van der Waals surface area contributed by atoms with Gasteiger partial charge in [-0.1, -0.05) is 0 Å². The SMILES string of the molecule is NC(CNc1ccc2[nH]c(=O)oc2c1)C(=O)O. The van der Waals surface area contributed by atoms with Gasteiger partial charge in [0.25, 0.3) is 0 Å². The summed E-state index contributed by atoms with van der Waals surface area (Å²) in [4.78, 5) is 23.9. The van der Waals surface area contributed by atoms with Crippen LogP contribution in [0.1, 0.15) is 0 Å². The number of nitrogens with two attached hydrogens (primary N) is 1. The lowest BCUT2D eigenvalue weighted by molar-refractivity contribution is -0.138. The molecule has 0 amide bonds. The molecule has 0 radical (unpaired) electrons. The number of anilines is 1. The third kappa shape index (κ3) is 2.45. The number of H-pyrrole nitrogens is 1. The number of fused-ring (bicyclic) bond motifs is 1. The van der Waals surface area contributed by atoms with Crippen molar-refractivity contribution < 1.29 is 14.3 Å². The lowest BCUT2D eigenvalue weighted by Gasteiger charge is -2.09. The predicted octanol–water partition coefficient (Wildman–Crippen LogP) is -0.0551. The number of carboxylic acid groups (broad SMARTS) is 1. The Bertz CT molecular complexity index is 601. The number of hydrogen-bond acceptors (Lipinski definition) is 5. The Morgan fingerprint density at radius 3 is 3.06 bits per heavy atom. The molecule has 90 valence electrons. The molecule has 1 aromatic heterocycles. The number of aromatic nitrogens is 1. The van der Waals surface area contributed by atoms with Crippen molar-refractivity contribution in [3.8, 4) is 0 Å². The highest BCUT2D eigenvalue weighted by molar-refractivity contribution is 5.77. The lowest BCUT2D eigenvalue weighted by atomic mass is 10.2. The van der Waals surface area contributed by atoms with E-state index in [4.69, 9.17) is 15.3 Å². The first kappa shape index (κ1) is 11.2. The molecule has 17 heavy (non-hydrogen) atoms. The topological polar surface area (TPSA) is 121 Å². The molecule has 5 N–H and O–H groups in total. The summed E-state index contributed by atoms with van der Waals surface area (Å²) in [5.41, 5.74) is 6.97. The highest BCUT2D eigenvalue weighted by Gasteiger charge is 2.10. The first-order chi connectivity index (χ1) is 8.06. The van der Waals surface area contributed by atoms with Crippen LogP contribution in [0.2, 0.25) is 0 Å². The van der Waals surface area contributed by atoms with Gasteiger partial charge in [0.1, 0.15) is 6.04 Å². The number of carboxylic acids is 1. The van der Waals surface area contributed by atoms with Crippen LogP contribution in [0.15, 0.2) is 27.4 Å². The molecule has 7 nitrogen and oxygen atoms in total. The molecule has 1 unspecified atom stereocenters. The van der Waals surface area contributed by atoms with Crippen molar-refractivity contribution in [3.63, 3.8) is 0 Å². The zero-order chi connectivity index (χ0) is 12.4. The Morgan fingerprint density at radius 1 is 1.59 bits per heavy atom. The maximum absolute atomic E-state index is 10.9. The van der Waals surface area contributed by atoms with Gasteiger partial charge >= 0.3 is 11.7 Å². The van der Waals surface area contributed by atoms with Crippen LogP contribution in [-0.2, 0) is 4.79 Å². The molecular weight excluding hydrogens is 226 g/mol. The van der Waals surface area contributed by atoms with Crippen molar-refractivity contribution in [3.05, 3.63) is 28.7 Å². The number of oxazole rings is 1. The summed E-state index contributed by atoms with van der Waals surface area (Å²) in [6.07, 6.45) is 0. The van der Waals surface area contributed by atoms with Crippen LogP contribution in [0.5, 0.6) is 0 Å². The monoisotopic (exact) mass is 237 g/mol. The molecule has 1 atom stereocenters. The van der Waals surface area contributed by atoms with E-state index in [1.807, 2.05) is 0 Å². The average Bonchev–Trinajstić information content (AvgIpc) is 2.64. The number of aliphatic carboxylic acids is 1. The number of aromatic amines is 1. The van der Waals surface area contributed by atoms with Crippen molar-refractivity contribution in [1.82, 2.24) is 4.98 Å². The molecule has 1 aromatic carbocycles. The van der Waals surface area contributed by atoms with E-state index in [0.29, 0.717) is 16.8 Å². The normalized spacial score (nSPS) is 12.5. The van der Waals surface area contributed by atoms with E-state index in [1.54, 1.807) is 18.2 Å². The third-order valence-corrected chi connectivity index (χ3v) is 2.26. The minimum Gasteiger partial charge on any atom is -0.480 e. The van der Waals surface area contributed by atoms with Crippen LogP contribution in [-0.4, -0.2) is 28.6 Å². The van der Waals surface area contributed by atoms with Crippen LogP contribution in [0, 0.1) is 0 Å². The van der Waals surface area contributed by atoms with Crippen LogP contribution in [0.25, 0.3) is 11.1 Å².